The summed E-state index contributed by atoms with van der Waals surface area (Å²) in [6, 6.07) is 5.39. The Labute approximate surface area is 149 Å². The molecule has 0 aromatic heterocycles. The third kappa shape index (κ3) is 3.44. The number of fused-ring (bicyclic) bond motifs is 1. The molecule has 2 aliphatic rings. The highest BCUT2D eigenvalue weighted by molar-refractivity contribution is 7.89. The summed E-state index contributed by atoms with van der Waals surface area (Å²) >= 11 is 0. The van der Waals surface area contributed by atoms with Gasteiger partial charge in [0.05, 0.1) is 4.90 Å². The minimum atomic E-state index is -3.54. The largest absolute Gasteiger partial charge is 0.312 e. The van der Waals surface area contributed by atoms with Crippen LogP contribution in [0.1, 0.15) is 26.3 Å². The second-order valence-corrected chi connectivity index (χ2v) is 8.44. The van der Waals surface area contributed by atoms with E-state index in [2.05, 4.69) is 5.32 Å². The van der Waals surface area contributed by atoms with Gasteiger partial charge in [0.25, 0.3) is 0 Å². The first kappa shape index (κ1) is 19.2. The van der Waals surface area contributed by atoms with Crippen LogP contribution in [0.5, 0.6) is 0 Å². The van der Waals surface area contributed by atoms with Gasteiger partial charge < -0.3 is 10.2 Å². The number of nitrogens with one attached hydrogen (secondary N) is 1. The van der Waals surface area contributed by atoms with E-state index in [4.69, 9.17) is 0 Å². The zero-order valence-corrected chi connectivity index (χ0v) is 15.8. The minimum absolute atomic E-state index is 0. The van der Waals surface area contributed by atoms with Crippen LogP contribution < -0.4 is 10.2 Å². The number of hydrogen-bond donors (Lipinski definition) is 1. The smallest absolute Gasteiger partial charge is 0.243 e. The third-order valence-electron chi connectivity index (χ3n) is 4.49. The fourth-order valence-electron chi connectivity index (χ4n) is 3.47. The fraction of sp³-hybridized carbons (Fsp3) is 0.562. The van der Waals surface area contributed by atoms with E-state index < -0.39 is 10.0 Å². The molecule has 1 N–H and O–H groups in total. The number of nitrogens with zero attached hydrogens (tertiary/aromatic N) is 2. The van der Waals surface area contributed by atoms with Crippen LogP contribution >= 0.6 is 12.4 Å². The summed E-state index contributed by atoms with van der Waals surface area (Å²) in [6.07, 6.45) is 0.775. The Hall–Kier alpha value is -1.15. The lowest BCUT2D eigenvalue weighted by atomic mass is 10.2. The van der Waals surface area contributed by atoms with Crippen LogP contribution in [0.25, 0.3) is 0 Å². The molecule has 1 aromatic rings. The van der Waals surface area contributed by atoms with Crippen molar-refractivity contribution in [3.63, 3.8) is 0 Å². The molecule has 0 bridgehead atoms. The zero-order valence-electron chi connectivity index (χ0n) is 14.2. The van der Waals surface area contributed by atoms with E-state index in [1.807, 2.05) is 19.9 Å². The predicted molar refractivity (Wildman–Crippen MR) is 96.2 cm³/mol. The second kappa shape index (κ2) is 7.00. The van der Waals surface area contributed by atoms with E-state index in [1.54, 1.807) is 17.0 Å². The molecule has 0 saturated carbocycles. The molecule has 134 valence electrons. The SMILES string of the molecule is CC(=O)N1CCc2ccc(S(=O)(=O)N3CC(C)NC(C)C3)cc21.Cl. The average Bonchev–Trinajstić information content (AvgIpc) is 2.89. The number of anilines is 1. The van der Waals surface area contributed by atoms with Gasteiger partial charge in [-0.2, -0.15) is 4.31 Å². The third-order valence-corrected chi connectivity index (χ3v) is 6.32. The maximum atomic E-state index is 12.9. The number of hydrogen-bond acceptors (Lipinski definition) is 4. The molecule has 0 radical (unpaired) electrons. The predicted octanol–water partition coefficient (Wildman–Crippen LogP) is 1.39. The molecule has 8 heteroatoms. The van der Waals surface area contributed by atoms with E-state index in [0.717, 1.165) is 17.7 Å². The molecular weight excluding hydrogens is 350 g/mol. The van der Waals surface area contributed by atoms with Gasteiger partial charge >= 0.3 is 0 Å². The van der Waals surface area contributed by atoms with Gasteiger partial charge in [-0.05, 0) is 38.0 Å². The number of carbonyl (C=O) groups excluding carboxylic acids is 1. The Bertz CT molecular complexity index is 728. The Morgan fingerprint density at radius 3 is 2.42 bits per heavy atom. The number of amides is 1. The molecule has 1 saturated heterocycles. The first-order chi connectivity index (χ1) is 10.8. The molecule has 6 nitrogen and oxygen atoms in total. The number of piperazine rings is 1. The molecule has 2 unspecified atom stereocenters. The Balaban J connectivity index is 0.00000208. The minimum Gasteiger partial charge on any atom is -0.312 e. The first-order valence-corrected chi connectivity index (χ1v) is 9.40. The number of carbonyl (C=O) groups is 1. The highest BCUT2D eigenvalue weighted by Crippen LogP contribution is 2.31. The molecule has 1 aromatic carbocycles. The molecule has 1 amide bonds. The molecule has 24 heavy (non-hydrogen) atoms. The Morgan fingerprint density at radius 1 is 1.21 bits per heavy atom. The normalized spacial score (nSPS) is 24.4. The van der Waals surface area contributed by atoms with Crippen molar-refractivity contribution in [1.29, 1.82) is 0 Å². The summed E-state index contributed by atoms with van der Waals surface area (Å²) in [5.74, 6) is -0.0530. The monoisotopic (exact) mass is 373 g/mol. The maximum absolute atomic E-state index is 12.9. The van der Waals surface area contributed by atoms with Gasteiger partial charge in [0.15, 0.2) is 0 Å². The summed E-state index contributed by atoms with van der Waals surface area (Å²) in [4.78, 5) is 13.6. The van der Waals surface area contributed by atoms with Crippen molar-refractivity contribution >= 4 is 34.0 Å². The molecule has 2 aliphatic heterocycles. The maximum Gasteiger partial charge on any atom is 0.243 e. The summed E-state index contributed by atoms with van der Waals surface area (Å²) in [6.45, 7) is 7.02. The van der Waals surface area contributed by atoms with Gasteiger partial charge in [-0.1, -0.05) is 6.07 Å². The van der Waals surface area contributed by atoms with Crippen LogP contribution in [-0.4, -0.2) is 50.3 Å². The van der Waals surface area contributed by atoms with Gasteiger partial charge in [0, 0.05) is 44.3 Å². The van der Waals surface area contributed by atoms with Gasteiger partial charge in [0.2, 0.25) is 15.9 Å². The van der Waals surface area contributed by atoms with Crippen molar-refractivity contribution < 1.29 is 13.2 Å². The Morgan fingerprint density at radius 2 is 1.83 bits per heavy atom. The van der Waals surface area contributed by atoms with E-state index in [9.17, 15) is 13.2 Å². The summed E-state index contributed by atoms with van der Waals surface area (Å²) in [5.41, 5.74) is 1.76. The van der Waals surface area contributed by atoms with Crippen LogP contribution in [0.4, 0.5) is 5.69 Å². The van der Waals surface area contributed by atoms with Crippen molar-refractivity contribution in [3.05, 3.63) is 23.8 Å². The second-order valence-electron chi connectivity index (χ2n) is 6.50. The quantitative estimate of drug-likeness (QED) is 0.850. The number of rotatable bonds is 2. The van der Waals surface area contributed by atoms with Crippen LogP contribution in [0.2, 0.25) is 0 Å². The lowest BCUT2D eigenvalue weighted by Gasteiger charge is -2.35. The van der Waals surface area contributed by atoms with Crippen LogP contribution in [0.15, 0.2) is 23.1 Å². The van der Waals surface area contributed by atoms with Crippen molar-refractivity contribution in [1.82, 2.24) is 9.62 Å². The topological polar surface area (TPSA) is 69.7 Å². The molecule has 2 heterocycles. The average molecular weight is 374 g/mol. The van der Waals surface area contributed by atoms with Crippen molar-refractivity contribution in [2.24, 2.45) is 0 Å². The molecule has 3 rings (SSSR count). The number of sulfonamides is 1. The van der Waals surface area contributed by atoms with Crippen LogP contribution in [0.3, 0.4) is 0 Å². The van der Waals surface area contributed by atoms with Crippen molar-refractivity contribution in [3.8, 4) is 0 Å². The standard InChI is InChI=1S/C16H23N3O3S.ClH/c1-11-9-18(10-12(2)17-11)23(21,22)15-5-4-14-6-7-19(13(3)20)16(14)8-15;/h4-5,8,11-12,17H,6-7,9-10H2,1-3H3;1H. The molecule has 0 aliphatic carbocycles. The molecule has 0 spiro atoms. The van der Waals surface area contributed by atoms with Gasteiger partial charge in [0.1, 0.15) is 0 Å². The lowest BCUT2D eigenvalue weighted by molar-refractivity contribution is -0.116. The summed E-state index contributed by atoms with van der Waals surface area (Å²) < 4.78 is 27.4. The lowest BCUT2D eigenvalue weighted by Crippen LogP contribution is -2.55. The van der Waals surface area contributed by atoms with E-state index in [1.165, 1.54) is 11.2 Å². The van der Waals surface area contributed by atoms with Gasteiger partial charge in [-0.15, -0.1) is 12.4 Å². The van der Waals surface area contributed by atoms with E-state index in [-0.39, 0.29) is 35.3 Å². The zero-order chi connectivity index (χ0) is 16.8. The van der Waals surface area contributed by atoms with E-state index in [0.29, 0.717) is 19.6 Å². The van der Waals surface area contributed by atoms with Crippen LogP contribution in [-0.2, 0) is 21.2 Å². The van der Waals surface area contributed by atoms with Crippen molar-refractivity contribution in [2.45, 2.75) is 44.2 Å². The highest BCUT2D eigenvalue weighted by atomic mass is 35.5. The summed E-state index contributed by atoms with van der Waals surface area (Å²) in [5, 5.41) is 3.34. The van der Waals surface area contributed by atoms with Gasteiger partial charge in [-0.25, -0.2) is 8.42 Å². The van der Waals surface area contributed by atoms with Gasteiger partial charge in [-0.3, -0.25) is 4.79 Å². The molecule has 1 fully saturated rings. The number of benzene rings is 1. The number of halogens is 1. The van der Waals surface area contributed by atoms with Crippen molar-refractivity contribution in [2.75, 3.05) is 24.5 Å². The molecular formula is C16H24ClN3O3S. The molecule has 2 atom stereocenters. The fourth-order valence-corrected chi connectivity index (χ4v) is 5.11. The first-order valence-electron chi connectivity index (χ1n) is 7.96. The van der Waals surface area contributed by atoms with Crippen LogP contribution in [0, 0.1) is 0 Å². The summed E-state index contributed by atoms with van der Waals surface area (Å²) in [7, 11) is -3.54. The van der Waals surface area contributed by atoms with E-state index >= 15 is 0 Å². The highest BCUT2D eigenvalue weighted by Gasteiger charge is 2.33. The Kier molecular flexibility index (Phi) is 5.59.